The lowest BCUT2D eigenvalue weighted by Crippen LogP contribution is -2.04. The zero-order valence-electron chi connectivity index (χ0n) is 10.3. The normalized spacial score (nSPS) is 18.9. The van der Waals surface area contributed by atoms with E-state index in [2.05, 4.69) is 12.2 Å². The molecule has 0 saturated carbocycles. The highest BCUT2D eigenvalue weighted by Crippen LogP contribution is 2.23. The monoisotopic (exact) mass is 220 g/mol. The molecule has 0 saturated heterocycles. The van der Waals surface area contributed by atoms with E-state index in [-0.39, 0.29) is 0 Å². The standard InChI is InChI=1S/C14H20O2/c1-4-16-14-7-5-12(6-8-14)9-13(10-15)11(2)3/h5,7-8,10,12H,4,6,9H2,1-3H3. The van der Waals surface area contributed by atoms with Crippen LogP contribution in [0.1, 0.15) is 33.6 Å². The van der Waals surface area contributed by atoms with Gasteiger partial charge < -0.3 is 4.74 Å². The van der Waals surface area contributed by atoms with Gasteiger partial charge in [0.25, 0.3) is 0 Å². The van der Waals surface area contributed by atoms with Crippen molar-refractivity contribution >= 4 is 6.29 Å². The Morgan fingerprint density at radius 1 is 1.56 bits per heavy atom. The summed E-state index contributed by atoms with van der Waals surface area (Å²) in [6.07, 6.45) is 9.00. The first-order chi connectivity index (χ1) is 7.67. The van der Waals surface area contributed by atoms with Gasteiger partial charge in [0.05, 0.1) is 6.61 Å². The zero-order valence-corrected chi connectivity index (χ0v) is 10.3. The van der Waals surface area contributed by atoms with E-state index in [9.17, 15) is 4.79 Å². The van der Waals surface area contributed by atoms with E-state index in [1.807, 2.05) is 26.8 Å². The van der Waals surface area contributed by atoms with Gasteiger partial charge in [-0.25, -0.2) is 0 Å². The van der Waals surface area contributed by atoms with Crippen LogP contribution in [0.3, 0.4) is 0 Å². The zero-order chi connectivity index (χ0) is 12.0. The molecule has 0 heterocycles. The molecule has 0 N–H and O–H groups in total. The van der Waals surface area contributed by atoms with Crippen LogP contribution in [0.4, 0.5) is 0 Å². The van der Waals surface area contributed by atoms with Crippen LogP contribution >= 0.6 is 0 Å². The fraction of sp³-hybridized carbons (Fsp3) is 0.500. The molecule has 0 bridgehead atoms. The van der Waals surface area contributed by atoms with Gasteiger partial charge in [0.1, 0.15) is 12.0 Å². The third-order valence-electron chi connectivity index (χ3n) is 2.73. The summed E-state index contributed by atoms with van der Waals surface area (Å²) in [5.74, 6) is 1.38. The second-order valence-electron chi connectivity index (χ2n) is 4.24. The predicted octanol–water partition coefficient (Wildman–Crippen LogP) is 3.41. The van der Waals surface area contributed by atoms with Gasteiger partial charge in [0.15, 0.2) is 0 Å². The van der Waals surface area contributed by atoms with Crippen molar-refractivity contribution < 1.29 is 9.53 Å². The molecule has 2 nitrogen and oxygen atoms in total. The number of hydrogen-bond acceptors (Lipinski definition) is 2. The summed E-state index contributed by atoms with van der Waals surface area (Å²) < 4.78 is 5.40. The summed E-state index contributed by atoms with van der Waals surface area (Å²) >= 11 is 0. The van der Waals surface area contributed by atoms with Gasteiger partial charge in [0.2, 0.25) is 0 Å². The van der Waals surface area contributed by atoms with Gasteiger partial charge in [-0.3, -0.25) is 4.79 Å². The van der Waals surface area contributed by atoms with Crippen molar-refractivity contribution in [1.29, 1.82) is 0 Å². The fourth-order valence-corrected chi connectivity index (χ4v) is 1.72. The molecule has 0 fully saturated rings. The maximum absolute atomic E-state index is 10.9. The summed E-state index contributed by atoms with van der Waals surface area (Å²) in [7, 11) is 0. The van der Waals surface area contributed by atoms with E-state index in [1.54, 1.807) is 0 Å². The lowest BCUT2D eigenvalue weighted by molar-refractivity contribution is -0.105. The van der Waals surface area contributed by atoms with Crippen LogP contribution < -0.4 is 0 Å². The quantitative estimate of drug-likeness (QED) is 0.524. The van der Waals surface area contributed by atoms with Gasteiger partial charge in [-0.2, -0.15) is 0 Å². The molecule has 0 aliphatic heterocycles. The van der Waals surface area contributed by atoms with Crippen LogP contribution in [0, 0.1) is 5.92 Å². The Bertz CT molecular complexity index is 331. The molecule has 0 radical (unpaired) electrons. The second kappa shape index (κ2) is 6.31. The molecule has 0 aromatic heterocycles. The third kappa shape index (κ3) is 3.69. The first-order valence-electron chi connectivity index (χ1n) is 5.80. The SMILES string of the molecule is CCOC1=CCC(CC(C=O)=C(C)C)C=C1. The van der Waals surface area contributed by atoms with Gasteiger partial charge in [-0.05, 0) is 57.3 Å². The van der Waals surface area contributed by atoms with Crippen LogP contribution in [0.25, 0.3) is 0 Å². The Hall–Kier alpha value is -1.31. The van der Waals surface area contributed by atoms with E-state index in [4.69, 9.17) is 4.74 Å². The van der Waals surface area contributed by atoms with E-state index >= 15 is 0 Å². The molecular weight excluding hydrogens is 200 g/mol. The third-order valence-corrected chi connectivity index (χ3v) is 2.73. The number of hydrogen-bond donors (Lipinski definition) is 0. The van der Waals surface area contributed by atoms with Crippen molar-refractivity contribution in [2.24, 2.45) is 5.92 Å². The molecule has 2 heteroatoms. The Morgan fingerprint density at radius 2 is 2.31 bits per heavy atom. The molecule has 0 aromatic rings. The Kier molecular flexibility index (Phi) is 5.03. The van der Waals surface area contributed by atoms with Crippen LogP contribution in [0.2, 0.25) is 0 Å². The minimum absolute atomic E-state index is 0.430. The summed E-state index contributed by atoms with van der Waals surface area (Å²) in [4.78, 5) is 10.9. The number of allylic oxidation sites excluding steroid dienone is 5. The molecule has 0 spiro atoms. The van der Waals surface area contributed by atoms with Gasteiger partial charge >= 0.3 is 0 Å². The highest BCUT2D eigenvalue weighted by molar-refractivity contribution is 5.74. The maximum Gasteiger partial charge on any atom is 0.145 e. The molecule has 1 rings (SSSR count). The molecule has 1 aliphatic carbocycles. The molecule has 0 amide bonds. The number of carbonyl (C=O) groups excluding carboxylic acids is 1. The predicted molar refractivity (Wildman–Crippen MR) is 66.0 cm³/mol. The smallest absolute Gasteiger partial charge is 0.145 e. The van der Waals surface area contributed by atoms with E-state index in [0.29, 0.717) is 12.5 Å². The minimum Gasteiger partial charge on any atom is -0.494 e. The lowest BCUT2D eigenvalue weighted by atomic mass is 9.91. The molecule has 0 aromatic carbocycles. The maximum atomic E-state index is 10.9. The van der Waals surface area contributed by atoms with E-state index in [1.165, 1.54) is 0 Å². The van der Waals surface area contributed by atoms with Gasteiger partial charge in [0, 0.05) is 0 Å². The van der Waals surface area contributed by atoms with Crippen molar-refractivity contribution in [3.05, 3.63) is 35.1 Å². The molecular formula is C14H20O2. The van der Waals surface area contributed by atoms with Crippen LogP contribution in [0.5, 0.6) is 0 Å². The van der Waals surface area contributed by atoms with Crippen molar-refractivity contribution in [3.8, 4) is 0 Å². The van der Waals surface area contributed by atoms with Gasteiger partial charge in [-0.1, -0.05) is 11.6 Å². The van der Waals surface area contributed by atoms with Crippen LogP contribution in [0.15, 0.2) is 35.1 Å². The summed E-state index contributed by atoms with van der Waals surface area (Å²) in [6, 6.07) is 0. The minimum atomic E-state index is 0.430. The summed E-state index contributed by atoms with van der Waals surface area (Å²) in [6.45, 7) is 6.65. The van der Waals surface area contributed by atoms with E-state index in [0.717, 1.165) is 36.0 Å². The van der Waals surface area contributed by atoms with E-state index < -0.39 is 0 Å². The Balaban J connectivity index is 2.53. The first-order valence-corrected chi connectivity index (χ1v) is 5.80. The second-order valence-corrected chi connectivity index (χ2v) is 4.24. The Morgan fingerprint density at radius 3 is 2.75 bits per heavy atom. The number of carbonyl (C=O) groups is 1. The fourth-order valence-electron chi connectivity index (χ4n) is 1.72. The largest absolute Gasteiger partial charge is 0.494 e. The highest BCUT2D eigenvalue weighted by atomic mass is 16.5. The Labute approximate surface area is 97.7 Å². The first kappa shape index (κ1) is 12.8. The van der Waals surface area contributed by atoms with Crippen LogP contribution in [-0.2, 0) is 9.53 Å². The van der Waals surface area contributed by atoms with Crippen molar-refractivity contribution in [2.45, 2.75) is 33.6 Å². The number of ether oxygens (including phenoxy) is 1. The van der Waals surface area contributed by atoms with Crippen LogP contribution in [-0.4, -0.2) is 12.9 Å². The number of rotatable bonds is 5. The molecule has 88 valence electrons. The average molecular weight is 220 g/mol. The summed E-state index contributed by atoms with van der Waals surface area (Å²) in [5.41, 5.74) is 2.03. The average Bonchev–Trinajstić information content (AvgIpc) is 2.28. The van der Waals surface area contributed by atoms with Crippen molar-refractivity contribution in [1.82, 2.24) is 0 Å². The van der Waals surface area contributed by atoms with Crippen molar-refractivity contribution in [3.63, 3.8) is 0 Å². The lowest BCUT2D eigenvalue weighted by Gasteiger charge is -2.16. The highest BCUT2D eigenvalue weighted by Gasteiger charge is 2.11. The van der Waals surface area contributed by atoms with Gasteiger partial charge in [-0.15, -0.1) is 0 Å². The molecule has 1 atom stereocenters. The molecule has 1 aliphatic rings. The molecule has 1 unspecified atom stereocenters. The topological polar surface area (TPSA) is 26.3 Å². The molecule has 16 heavy (non-hydrogen) atoms. The van der Waals surface area contributed by atoms with Crippen molar-refractivity contribution in [2.75, 3.05) is 6.61 Å². The summed E-state index contributed by atoms with van der Waals surface area (Å²) in [5, 5.41) is 0. The number of aldehydes is 1.